The molecule has 0 spiro atoms. The molecule has 1 aromatic rings. The van der Waals surface area contributed by atoms with Crippen LogP contribution in [0.2, 0.25) is 0 Å². The molecule has 0 aliphatic heterocycles. The topological polar surface area (TPSA) is 37.3 Å². The van der Waals surface area contributed by atoms with Gasteiger partial charge in [-0.2, -0.15) is 13.2 Å². The molecular formula is C10H11F3O2S. The molecule has 0 aliphatic rings. The van der Waals surface area contributed by atoms with Crippen LogP contribution in [0.15, 0.2) is 29.2 Å². The van der Waals surface area contributed by atoms with Gasteiger partial charge in [-0.05, 0) is 19.1 Å². The van der Waals surface area contributed by atoms with Crippen molar-refractivity contribution < 1.29 is 22.5 Å². The molecular weight excluding hydrogens is 241 g/mol. The Kier molecular flexibility index (Phi) is 4.09. The number of rotatable bonds is 3. The molecule has 0 unspecified atom stereocenters. The van der Waals surface area contributed by atoms with E-state index in [1.165, 1.54) is 12.1 Å². The Balaban J connectivity index is 2.70. The molecule has 2 nitrogen and oxygen atoms in total. The van der Waals surface area contributed by atoms with Gasteiger partial charge in [0.1, 0.15) is 0 Å². The number of aliphatic hydroxyl groups excluding tert-OH is 1. The van der Waals surface area contributed by atoms with Crippen molar-refractivity contribution in [3.05, 3.63) is 29.8 Å². The maximum absolute atomic E-state index is 12.0. The fraction of sp³-hybridized carbons (Fsp3) is 0.400. The summed E-state index contributed by atoms with van der Waals surface area (Å²) in [5.74, 6) is -0.827. The third-order valence-corrected chi connectivity index (χ3v) is 3.39. The lowest BCUT2D eigenvalue weighted by atomic mass is 10.2. The summed E-state index contributed by atoms with van der Waals surface area (Å²) < 4.78 is 47.5. The fourth-order valence-electron chi connectivity index (χ4n) is 1.02. The summed E-state index contributed by atoms with van der Waals surface area (Å²) in [4.78, 5) is 0.286. The molecule has 0 heterocycles. The van der Waals surface area contributed by atoms with Gasteiger partial charge in [0.15, 0.2) is 6.10 Å². The number of alkyl halides is 3. The molecule has 0 amide bonds. The summed E-state index contributed by atoms with van der Waals surface area (Å²) in [6.45, 7) is 1.82. The van der Waals surface area contributed by atoms with Crippen LogP contribution in [-0.4, -0.2) is 27.3 Å². The van der Waals surface area contributed by atoms with Gasteiger partial charge in [0, 0.05) is 4.90 Å². The zero-order valence-electron chi connectivity index (χ0n) is 8.49. The fourth-order valence-corrected chi connectivity index (χ4v) is 2.13. The number of aryl methyl sites for hydroxylation is 1. The lowest BCUT2D eigenvalue weighted by molar-refractivity contribution is -0.196. The maximum Gasteiger partial charge on any atom is 0.415 e. The molecule has 2 atom stereocenters. The Bertz CT molecular complexity index is 373. The van der Waals surface area contributed by atoms with E-state index < -0.39 is 28.8 Å². The second kappa shape index (κ2) is 4.97. The smallest absolute Gasteiger partial charge is 0.383 e. The van der Waals surface area contributed by atoms with Crippen LogP contribution >= 0.6 is 0 Å². The van der Waals surface area contributed by atoms with Gasteiger partial charge in [0.05, 0.1) is 16.6 Å². The monoisotopic (exact) mass is 252 g/mol. The molecule has 90 valence electrons. The Morgan fingerprint density at radius 2 is 1.81 bits per heavy atom. The number of hydrogen-bond acceptors (Lipinski definition) is 2. The molecule has 1 N–H and O–H groups in total. The van der Waals surface area contributed by atoms with Crippen molar-refractivity contribution in [2.45, 2.75) is 24.1 Å². The second-order valence-corrected chi connectivity index (χ2v) is 4.88. The molecule has 0 aliphatic carbocycles. The van der Waals surface area contributed by atoms with Crippen molar-refractivity contribution in [2.75, 3.05) is 5.75 Å². The number of hydrogen-bond donors (Lipinski definition) is 1. The van der Waals surface area contributed by atoms with Crippen LogP contribution in [0.25, 0.3) is 0 Å². The van der Waals surface area contributed by atoms with Crippen LogP contribution in [0.1, 0.15) is 5.56 Å². The summed E-state index contributed by atoms with van der Waals surface area (Å²) in [5.41, 5.74) is 0.928. The van der Waals surface area contributed by atoms with Gasteiger partial charge < -0.3 is 5.11 Å². The highest BCUT2D eigenvalue weighted by Crippen LogP contribution is 2.22. The highest BCUT2D eigenvalue weighted by atomic mass is 32.2. The van der Waals surface area contributed by atoms with Crippen LogP contribution in [0.4, 0.5) is 13.2 Å². The van der Waals surface area contributed by atoms with E-state index >= 15 is 0 Å². The minimum Gasteiger partial charge on any atom is -0.383 e. The van der Waals surface area contributed by atoms with E-state index in [9.17, 15) is 17.4 Å². The third-order valence-electron chi connectivity index (χ3n) is 1.97. The van der Waals surface area contributed by atoms with Gasteiger partial charge in [-0.1, -0.05) is 17.7 Å². The van der Waals surface area contributed by atoms with Gasteiger partial charge in [0.2, 0.25) is 0 Å². The lowest BCUT2D eigenvalue weighted by Crippen LogP contribution is -2.33. The van der Waals surface area contributed by atoms with Crippen LogP contribution in [0.5, 0.6) is 0 Å². The SMILES string of the molecule is Cc1ccc([S@@](=O)C[C@H](O)C(F)(F)F)cc1. The molecule has 1 aromatic carbocycles. The van der Waals surface area contributed by atoms with Gasteiger partial charge in [-0.3, -0.25) is 4.21 Å². The van der Waals surface area contributed by atoms with E-state index in [0.29, 0.717) is 0 Å². The number of halogens is 3. The molecule has 1 rings (SSSR count). The van der Waals surface area contributed by atoms with Crippen LogP contribution in [0, 0.1) is 6.92 Å². The summed E-state index contributed by atoms with van der Waals surface area (Å²) in [6.07, 6.45) is -7.27. The Hall–Kier alpha value is -0.880. The first-order valence-corrected chi connectivity index (χ1v) is 5.82. The Morgan fingerprint density at radius 3 is 2.25 bits per heavy atom. The normalized spacial score (nSPS) is 15.8. The minimum atomic E-state index is -4.72. The number of aliphatic hydroxyl groups is 1. The maximum atomic E-state index is 12.0. The predicted octanol–water partition coefficient (Wildman–Crippen LogP) is 2.03. The predicted molar refractivity (Wildman–Crippen MR) is 54.5 cm³/mol. The molecule has 0 radical (unpaired) electrons. The third kappa shape index (κ3) is 3.61. The molecule has 0 saturated carbocycles. The van der Waals surface area contributed by atoms with Gasteiger partial charge in [-0.25, -0.2) is 0 Å². The van der Waals surface area contributed by atoms with Crippen molar-refractivity contribution in [3.63, 3.8) is 0 Å². The summed E-state index contributed by atoms with van der Waals surface area (Å²) in [5, 5.41) is 8.75. The molecule has 0 saturated heterocycles. The molecule has 6 heteroatoms. The highest BCUT2D eigenvalue weighted by Gasteiger charge is 2.39. The van der Waals surface area contributed by atoms with Crippen LogP contribution in [-0.2, 0) is 10.8 Å². The van der Waals surface area contributed by atoms with E-state index in [2.05, 4.69) is 0 Å². The van der Waals surface area contributed by atoms with E-state index in [4.69, 9.17) is 5.11 Å². The zero-order valence-corrected chi connectivity index (χ0v) is 9.31. The first kappa shape index (κ1) is 13.2. The Labute approximate surface area is 93.6 Å². The standard InChI is InChI=1S/C10H11F3O2S/c1-7-2-4-8(5-3-7)16(15)6-9(14)10(11,12)13/h2-5,9,14H,6H2,1H3/t9-,16-/m0/s1. The van der Waals surface area contributed by atoms with E-state index in [-0.39, 0.29) is 4.90 Å². The second-order valence-electron chi connectivity index (χ2n) is 3.38. The largest absolute Gasteiger partial charge is 0.415 e. The Morgan fingerprint density at radius 1 is 1.31 bits per heavy atom. The molecule has 0 bridgehead atoms. The van der Waals surface area contributed by atoms with Crippen molar-refractivity contribution in [3.8, 4) is 0 Å². The van der Waals surface area contributed by atoms with Crippen molar-refractivity contribution in [1.82, 2.24) is 0 Å². The minimum absolute atomic E-state index is 0.286. The first-order valence-electron chi connectivity index (χ1n) is 4.50. The van der Waals surface area contributed by atoms with E-state index in [1.807, 2.05) is 6.92 Å². The molecule has 0 aromatic heterocycles. The first-order chi connectivity index (χ1) is 7.30. The lowest BCUT2D eigenvalue weighted by Gasteiger charge is -2.13. The highest BCUT2D eigenvalue weighted by molar-refractivity contribution is 7.85. The van der Waals surface area contributed by atoms with Gasteiger partial charge in [-0.15, -0.1) is 0 Å². The summed E-state index contributed by atoms with van der Waals surface area (Å²) >= 11 is 0. The van der Waals surface area contributed by atoms with Crippen molar-refractivity contribution in [2.24, 2.45) is 0 Å². The molecule has 0 fully saturated rings. The van der Waals surface area contributed by atoms with Gasteiger partial charge >= 0.3 is 6.18 Å². The quantitative estimate of drug-likeness (QED) is 0.893. The van der Waals surface area contributed by atoms with E-state index in [0.717, 1.165) is 5.56 Å². The van der Waals surface area contributed by atoms with Crippen LogP contribution in [0.3, 0.4) is 0 Å². The molecule has 16 heavy (non-hydrogen) atoms. The number of benzene rings is 1. The van der Waals surface area contributed by atoms with Gasteiger partial charge in [0.25, 0.3) is 0 Å². The van der Waals surface area contributed by atoms with Crippen molar-refractivity contribution >= 4 is 10.8 Å². The zero-order chi connectivity index (χ0) is 12.3. The average Bonchev–Trinajstić information content (AvgIpc) is 2.17. The summed E-state index contributed by atoms with van der Waals surface area (Å²) in [7, 11) is -1.84. The average molecular weight is 252 g/mol. The van der Waals surface area contributed by atoms with Crippen molar-refractivity contribution in [1.29, 1.82) is 0 Å². The van der Waals surface area contributed by atoms with Crippen LogP contribution < -0.4 is 0 Å². The van der Waals surface area contributed by atoms with E-state index in [1.54, 1.807) is 12.1 Å². The summed E-state index contributed by atoms with van der Waals surface area (Å²) in [6, 6.07) is 6.31.